The summed E-state index contributed by atoms with van der Waals surface area (Å²) < 4.78 is 1.78. The first-order chi connectivity index (χ1) is 14.2. The predicted octanol–water partition coefficient (Wildman–Crippen LogP) is 5.86. The molecule has 1 aliphatic rings. The van der Waals surface area contributed by atoms with Gasteiger partial charge in [0.2, 0.25) is 0 Å². The lowest BCUT2D eigenvalue weighted by Crippen LogP contribution is -2.77. The molecule has 1 aromatic heterocycles. The van der Waals surface area contributed by atoms with Gasteiger partial charge in [0, 0.05) is 6.07 Å². The van der Waals surface area contributed by atoms with Gasteiger partial charge in [-0.1, -0.05) is 69.2 Å². The van der Waals surface area contributed by atoms with Crippen LogP contribution in [-0.2, 0) is 0 Å². The molecule has 148 valence electrons. The van der Waals surface area contributed by atoms with E-state index >= 15 is 0 Å². The Hall–Kier alpha value is -3.08. The number of rotatable bonds is 6. The Morgan fingerprint density at radius 2 is 1.24 bits per heavy atom. The highest BCUT2D eigenvalue weighted by Gasteiger charge is 2.53. The van der Waals surface area contributed by atoms with Crippen LogP contribution in [0.25, 0.3) is 0 Å². The van der Waals surface area contributed by atoms with Crippen molar-refractivity contribution in [3.63, 3.8) is 0 Å². The summed E-state index contributed by atoms with van der Waals surface area (Å²) in [6.07, 6.45) is 4.42. The summed E-state index contributed by atoms with van der Waals surface area (Å²) in [7, 11) is 0. The van der Waals surface area contributed by atoms with E-state index in [4.69, 9.17) is 0 Å². The van der Waals surface area contributed by atoms with Crippen molar-refractivity contribution in [3.8, 4) is 0 Å². The monoisotopic (exact) mass is 385 g/mol. The Kier molecular flexibility index (Phi) is 5.39. The molecule has 0 N–H and O–H groups in total. The van der Waals surface area contributed by atoms with Crippen LogP contribution < -0.4 is 14.2 Å². The number of amides is 1. The fraction of sp³-hybridized carbons (Fsp3) is 0.250. The van der Waals surface area contributed by atoms with Crippen LogP contribution in [0.2, 0.25) is 12.6 Å². The van der Waals surface area contributed by atoms with Crippen molar-refractivity contribution in [2.45, 2.75) is 39.3 Å². The van der Waals surface area contributed by atoms with Crippen LogP contribution in [0.15, 0.2) is 85.1 Å². The SMILES string of the molecule is CCC[B-]1(CCC)N(c2ccccc2)C(=O)[n+]2ccccc2N1c1ccccc1. The highest BCUT2D eigenvalue weighted by atomic mass is 16.2. The lowest BCUT2D eigenvalue weighted by atomic mass is 9.36. The maximum Gasteiger partial charge on any atom is 0.406 e. The topological polar surface area (TPSA) is 27.4 Å². The maximum atomic E-state index is 13.8. The van der Waals surface area contributed by atoms with Crippen LogP contribution in [0.1, 0.15) is 26.7 Å². The maximum absolute atomic E-state index is 13.8. The molecule has 2 aromatic carbocycles. The van der Waals surface area contributed by atoms with Gasteiger partial charge >= 0.3 is 12.4 Å². The molecule has 1 amide bonds. The van der Waals surface area contributed by atoms with Crippen molar-refractivity contribution in [3.05, 3.63) is 85.1 Å². The molecule has 29 heavy (non-hydrogen) atoms. The summed E-state index contributed by atoms with van der Waals surface area (Å²) in [5, 5.41) is 0. The van der Waals surface area contributed by atoms with Gasteiger partial charge in [0.05, 0.1) is 17.6 Å². The molecule has 0 radical (unpaired) electrons. The molecular formula is C24H28BN3O. The summed E-state index contributed by atoms with van der Waals surface area (Å²) in [6.45, 7) is 4.42. The molecule has 0 saturated heterocycles. The number of benzene rings is 2. The largest absolute Gasteiger partial charge is 0.416 e. The molecular weight excluding hydrogens is 357 g/mol. The molecule has 5 heteroatoms. The van der Waals surface area contributed by atoms with Gasteiger partial charge in [-0.2, -0.15) is 4.57 Å². The lowest BCUT2D eigenvalue weighted by molar-refractivity contribution is -0.556. The third-order valence-electron chi connectivity index (χ3n) is 6.03. The molecule has 4 rings (SSSR count). The molecule has 0 saturated carbocycles. The van der Waals surface area contributed by atoms with E-state index in [0.29, 0.717) is 0 Å². The normalized spacial score (nSPS) is 15.3. The highest BCUT2D eigenvalue weighted by Crippen LogP contribution is 2.41. The third-order valence-corrected chi connectivity index (χ3v) is 6.03. The van der Waals surface area contributed by atoms with Crippen LogP contribution in [0, 0.1) is 0 Å². The number of para-hydroxylation sites is 2. The van der Waals surface area contributed by atoms with Gasteiger partial charge < -0.3 is 9.62 Å². The van der Waals surface area contributed by atoms with E-state index in [-0.39, 0.29) is 6.03 Å². The van der Waals surface area contributed by atoms with Gasteiger partial charge in [-0.05, 0) is 30.3 Å². The zero-order chi connectivity index (χ0) is 20.3. The average Bonchev–Trinajstić information content (AvgIpc) is 2.76. The zero-order valence-corrected chi connectivity index (χ0v) is 17.2. The lowest BCUT2D eigenvalue weighted by Gasteiger charge is -2.54. The Balaban J connectivity index is 2.04. The van der Waals surface area contributed by atoms with Gasteiger partial charge in [0.15, 0.2) is 5.82 Å². The number of nitrogens with zero attached hydrogens (tertiary/aromatic N) is 3. The van der Waals surface area contributed by atoms with Crippen molar-refractivity contribution in [1.82, 2.24) is 0 Å². The molecule has 0 atom stereocenters. The fourth-order valence-electron chi connectivity index (χ4n) is 5.04. The van der Waals surface area contributed by atoms with Gasteiger partial charge in [0.25, 0.3) is 0 Å². The second-order valence-electron chi connectivity index (χ2n) is 7.83. The number of hydrogen-bond donors (Lipinski definition) is 0. The molecule has 4 nitrogen and oxygen atoms in total. The second kappa shape index (κ2) is 8.12. The number of fused-ring (bicyclic) bond motifs is 1. The fourth-order valence-corrected chi connectivity index (χ4v) is 5.04. The first kappa shape index (κ1) is 19.3. The van der Waals surface area contributed by atoms with E-state index in [1.54, 1.807) is 4.57 Å². The number of anilines is 3. The molecule has 2 heterocycles. The predicted molar refractivity (Wildman–Crippen MR) is 121 cm³/mol. The van der Waals surface area contributed by atoms with Gasteiger partial charge in [-0.3, -0.25) is 0 Å². The van der Waals surface area contributed by atoms with Crippen LogP contribution in [-0.4, -0.2) is 12.4 Å². The van der Waals surface area contributed by atoms with E-state index < -0.39 is 6.42 Å². The Morgan fingerprint density at radius 3 is 1.79 bits per heavy atom. The van der Waals surface area contributed by atoms with Crippen LogP contribution in [0.5, 0.6) is 0 Å². The minimum Gasteiger partial charge on any atom is -0.416 e. The van der Waals surface area contributed by atoms with E-state index in [1.807, 2.05) is 42.6 Å². The van der Waals surface area contributed by atoms with Crippen LogP contribution in [0.4, 0.5) is 22.0 Å². The van der Waals surface area contributed by atoms with Crippen LogP contribution >= 0.6 is 0 Å². The van der Waals surface area contributed by atoms with Gasteiger partial charge in [0.1, 0.15) is 0 Å². The van der Waals surface area contributed by atoms with E-state index in [0.717, 1.165) is 42.7 Å². The summed E-state index contributed by atoms with van der Waals surface area (Å²) in [5.74, 6) is 0.942. The average molecular weight is 385 g/mol. The zero-order valence-electron chi connectivity index (χ0n) is 17.2. The Labute approximate surface area is 173 Å². The van der Waals surface area contributed by atoms with Crippen molar-refractivity contribution < 1.29 is 9.36 Å². The first-order valence-corrected chi connectivity index (χ1v) is 10.7. The van der Waals surface area contributed by atoms with Crippen molar-refractivity contribution in [2.24, 2.45) is 0 Å². The molecule has 0 unspecified atom stereocenters. The summed E-state index contributed by atoms with van der Waals surface area (Å²) >= 11 is 0. The molecule has 0 aliphatic carbocycles. The van der Waals surface area contributed by atoms with E-state index in [9.17, 15) is 4.79 Å². The van der Waals surface area contributed by atoms with Gasteiger partial charge in [-0.15, -0.1) is 12.6 Å². The van der Waals surface area contributed by atoms with Crippen molar-refractivity contribution in [1.29, 1.82) is 0 Å². The molecule has 3 aromatic rings. The van der Waals surface area contributed by atoms with Gasteiger partial charge in [-0.25, -0.2) is 4.79 Å². The number of aromatic nitrogens is 1. The smallest absolute Gasteiger partial charge is 0.406 e. The molecule has 1 aliphatic heterocycles. The number of pyridine rings is 1. The van der Waals surface area contributed by atoms with E-state index in [1.165, 1.54) is 0 Å². The molecule has 0 fully saturated rings. The second-order valence-corrected chi connectivity index (χ2v) is 7.83. The summed E-state index contributed by atoms with van der Waals surface area (Å²) in [5.41, 5.74) is 2.09. The van der Waals surface area contributed by atoms with E-state index in [2.05, 4.69) is 65.9 Å². The minimum atomic E-state index is -1.36. The number of hydrogen-bond acceptors (Lipinski definition) is 2. The third kappa shape index (κ3) is 3.21. The number of carbonyl (C=O) groups is 1. The quantitative estimate of drug-likeness (QED) is 0.392. The molecule has 0 bridgehead atoms. The summed E-state index contributed by atoms with van der Waals surface area (Å²) in [4.78, 5) is 18.3. The standard InChI is InChI=1S/C24H28BN3O/c1-3-18-25(19-4-2)27(21-13-7-5-8-14-21)23-17-11-12-20-26(23)24(29)28(25)22-15-9-6-10-16-22/h5-17,20H,3-4,18-19H2,1-2H3. The van der Waals surface area contributed by atoms with Crippen molar-refractivity contribution >= 4 is 29.6 Å². The first-order valence-electron chi connectivity index (χ1n) is 10.7. The highest BCUT2D eigenvalue weighted by molar-refractivity contribution is 6.90. The molecule has 0 spiro atoms. The Bertz CT molecular complexity index is 972. The Morgan fingerprint density at radius 1 is 0.724 bits per heavy atom. The van der Waals surface area contributed by atoms with Crippen LogP contribution in [0.3, 0.4) is 0 Å². The van der Waals surface area contributed by atoms with Crippen molar-refractivity contribution in [2.75, 3.05) is 9.62 Å². The minimum absolute atomic E-state index is 0.0286. The summed E-state index contributed by atoms with van der Waals surface area (Å²) in [6, 6.07) is 26.7. The number of carbonyl (C=O) groups excluding carboxylic acids is 1.